The number of benzene rings is 1. The molecule has 6 nitrogen and oxygen atoms in total. The minimum absolute atomic E-state index is 0.0186. The average Bonchev–Trinajstić information content (AvgIpc) is 3.07. The lowest BCUT2D eigenvalue weighted by atomic mass is 10.1. The van der Waals surface area contributed by atoms with Crippen molar-refractivity contribution in [3.8, 4) is 17.0 Å². The standard InChI is InChI=1S/C17H14N4O2S/c1-20-15(22)14(11-5-3-2-4-6-11)16(23)21-13(9-24-17(20)21)12-7-18-10-19-8-12/h2-8,10,13H,9H2,1H3/p+1/t13-/m0/s1. The summed E-state index contributed by atoms with van der Waals surface area (Å²) in [5.74, 6) is 0.684. The molecule has 0 aliphatic carbocycles. The molecule has 3 aromatic rings. The first kappa shape index (κ1) is 14.9. The van der Waals surface area contributed by atoms with E-state index in [2.05, 4.69) is 9.97 Å². The summed E-state index contributed by atoms with van der Waals surface area (Å²) in [5, 5.41) is 11.3. The first-order chi connectivity index (χ1) is 11.7. The number of fused-ring (bicyclic) bond motifs is 1. The van der Waals surface area contributed by atoms with Crippen LogP contribution in [0.5, 0.6) is 5.88 Å². The van der Waals surface area contributed by atoms with E-state index in [4.69, 9.17) is 0 Å². The largest absolute Gasteiger partial charge is 0.477 e. The van der Waals surface area contributed by atoms with Gasteiger partial charge in [-0.15, -0.1) is 0 Å². The maximum absolute atomic E-state index is 13.2. The molecule has 1 N–H and O–H groups in total. The summed E-state index contributed by atoms with van der Waals surface area (Å²) in [6, 6.07) is 9.09. The van der Waals surface area contributed by atoms with Crippen molar-refractivity contribution in [1.82, 2.24) is 14.5 Å². The van der Waals surface area contributed by atoms with Gasteiger partial charge in [0.1, 0.15) is 12.4 Å². The molecule has 4 rings (SSSR count). The van der Waals surface area contributed by atoms with E-state index in [0.29, 0.717) is 16.9 Å². The number of nitrogens with zero attached hydrogens (tertiary/aromatic N) is 4. The third-order valence-electron chi connectivity index (χ3n) is 4.18. The Balaban J connectivity index is 1.98. The topological polar surface area (TPSA) is 71.9 Å². The number of rotatable bonds is 2. The van der Waals surface area contributed by atoms with E-state index in [0.717, 1.165) is 10.7 Å². The molecule has 0 unspecified atom stereocenters. The molecule has 1 aromatic carbocycles. The highest BCUT2D eigenvalue weighted by Gasteiger charge is 2.38. The second-order valence-electron chi connectivity index (χ2n) is 5.58. The van der Waals surface area contributed by atoms with Crippen molar-refractivity contribution in [2.75, 3.05) is 5.75 Å². The second kappa shape index (κ2) is 5.76. The maximum Gasteiger partial charge on any atom is 0.350 e. The molecule has 0 fully saturated rings. The minimum atomic E-state index is -0.203. The normalized spacial score (nSPS) is 16.1. The monoisotopic (exact) mass is 339 g/mol. The third kappa shape index (κ3) is 2.20. The van der Waals surface area contributed by atoms with E-state index in [1.54, 1.807) is 40.3 Å². The average molecular weight is 339 g/mol. The summed E-state index contributed by atoms with van der Waals surface area (Å²) in [6.45, 7) is 0. The predicted molar refractivity (Wildman–Crippen MR) is 89.9 cm³/mol. The Hall–Kier alpha value is -2.67. The van der Waals surface area contributed by atoms with Crippen LogP contribution < -0.4 is 10.1 Å². The van der Waals surface area contributed by atoms with E-state index < -0.39 is 0 Å². The molecule has 0 amide bonds. The van der Waals surface area contributed by atoms with E-state index in [1.165, 1.54) is 6.33 Å². The van der Waals surface area contributed by atoms with Crippen LogP contribution in [0.2, 0.25) is 0 Å². The summed E-state index contributed by atoms with van der Waals surface area (Å²) in [6.07, 6.45) is 4.94. The SMILES string of the molecule is C[n+]1c(O)c(-c2ccccc2)c(=O)n2c1SC[C@H]2c1cncnc1. The number of aromatic hydroxyl groups is 1. The maximum atomic E-state index is 13.2. The lowest BCUT2D eigenvalue weighted by molar-refractivity contribution is -0.720. The van der Waals surface area contributed by atoms with Crippen LogP contribution in [0.25, 0.3) is 11.1 Å². The van der Waals surface area contributed by atoms with Crippen LogP contribution in [0, 0.1) is 0 Å². The van der Waals surface area contributed by atoms with Crippen molar-refractivity contribution in [2.45, 2.75) is 11.2 Å². The van der Waals surface area contributed by atoms with Gasteiger partial charge >= 0.3 is 10.7 Å². The fourth-order valence-electron chi connectivity index (χ4n) is 2.98. The lowest BCUT2D eigenvalue weighted by Gasteiger charge is -2.11. The Morgan fingerprint density at radius 3 is 2.67 bits per heavy atom. The van der Waals surface area contributed by atoms with Crippen LogP contribution in [-0.4, -0.2) is 25.4 Å². The lowest BCUT2D eigenvalue weighted by Crippen LogP contribution is -2.41. The van der Waals surface area contributed by atoms with Crippen molar-refractivity contribution in [2.24, 2.45) is 7.05 Å². The van der Waals surface area contributed by atoms with Crippen LogP contribution in [0.3, 0.4) is 0 Å². The van der Waals surface area contributed by atoms with Gasteiger partial charge in [-0.25, -0.2) is 14.8 Å². The number of thioether (sulfide) groups is 1. The summed E-state index contributed by atoms with van der Waals surface area (Å²) in [5.41, 5.74) is 1.69. The van der Waals surface area contributed by atoms with Crippen molar-refractivity contribution in [3.63, 3.8) is 0 Å². The van der Waals surface area contributed by atoms with Gasteiger partial charge in [0.15, 0.2) is 5.56 Å². The number of hydrogen-bond acceptors (Lipinski definition) is 5. The van der Waals surface area contributed by atoms with Gasteiger partial charge in [-0.2, -0.15) is 9.13 Å². The zero-order chi connectivity index (χ0) is 16.7. The van der Waals surface area contributed by atoms with Crippen molar-refractivity contribution >= 4 is 11.8 Å². The Morgan fingerprint density at radius 2 is 1.96 bits per heavy atom. The van der Waals surface area contributed by atoms with Gasteiger partial charge in [0, 0.05) is 18.0 Å². The van der Waals surface area contributed by atoms with Crippen LogP contribution in [-0.2, 0) is 7.05 Å². The third-order valence-corrected chi connectivity index (χ3v) is 5.39. The molecule has 1 aliphatic heterocycles. The van der Waals surface area contributed by atoms with Crippen molar-refractivity contribution < 1.29 is 9.67 Å². The predicted octanol–water partition coefficient (Wildman–Crippen LogP) is 1.53. The highest BCUT2D eigenvalue weighted by molar-refractivity contribution is 7.99. The van der Waals surface area contributed by atoms with Gasteiger partial charge in [-0.3, -0.25) is 0 Å². The molecule has 1 atom stereocenters. The smallest absolute Gasteiger partial charge is 0.350 e. The van der Waals surface area contributed by atoms with Crippen LogP contribution in [0.15, 0.2) is 59.0 Å². The molecular weight excluding hydrogens is 324 g/mol. The summed E-state index contributed by atoms with van der Waals surface area (Å²) in [7, 11) is 1.77. The summed E-state index contributed by atoms with van der Waals surface area (Å²) >= 11 is 1.54. The van der Waals surface area contributed by atoms with E-state index in [9.17, 15) is 9.90 Å². The van der Waals surface area contributed by atoms with Crippen LogP contribution >= 0.6 is 11.8 Å². The summed E-state index contributed by atoms with van der Waals surface area (Å²) < 4.78 is 3.39. The quantitative estimate of drug-likeness (QED) is 0.566. The molecule has 0 radical (unpaired) electrons. The molecule has 0 spiro atoms. The van der Waals surface area contributed by atoms with Crippen LogP contribution in [0.4, 0.5) is 0 Å². The molecule has 0 saturated heterocycles. The molecular formula is C17H15N4O2S+. The Bertz CT molecular complexity index is 958. The Morgan fingerprint density at radius 1 is 1.25 bits per heavy atom. The Labute approximate surface area is 142 Å². The molecule has 7 heteroatoms. The minimum Gasteiger partial charge on any atom is -0.477 e. The molecule has 24 heavy (non-hydrogen) atoms. The van der Waals surface area contributed by atoms with Gasteiger partial charge in [-0.1, -0.05) is 30.3 Å². The molecule has 1 aliphatic rings. The molecule has 3 heterocycles. The van der Waals surface area contributed by atoms with Crippen molar-refractivity contribution in [1.29, 1.82) is 0 Å². The molecule has 0 saturated carbocycles. The fraction of sp³-hybridized carbons (Fsp3) is 0.176. The van der Waals surface area contributed by atoms with Gasteiger partial charge in [0.2, 0.25) is 0 Å². The zero-order valence-corrected chi connectivity index (χ0v) is 13.8. The van der Waals surface area contributed by atoms with Gasteiger partial charge in [0.05, 0.1) is 12.8 Å². The van der Waals surface area contributed by atoms with E-state index in [1.807, 2.05) is 30.3 Å². The molecule has 0 bridgehead atoms. The summed E-state index contributed by atoms with van der Waals surface area (Å²) in [4.78, 5) is 21.3. The highest BCUT2D eigenvalue weighted by atomic mass is 32.2. The second-order valence-corrected chi connectivity index (χ2v) is 6.57. The zero-order valence-electron chi connectivity index (χ0n) is 13.0. The molecule has 2 aromatic heterocycles. The highest BCUT2D eigenvalue weighted by Crippen LogP contribution is 2.35. The number of aromatic nitrogens is 4. The fourth-order valence-corrected chi connectivity index (χ4v) is 4.26. The van der Waals surface area contributed by atoms with Gasteiger partial charge < -0.3 is 5.11 Å². The van der Waals surface area contributed by atoms with E-state index >= 15 is 0 Å². The van der Waals surface area contributed by atoms with Crippen molar-refractivity contribution in [3.05, 3.63) is 65.0 Å². The first-order valence-electron chi connectivity index (χ1n) is 7.49. The molecule has 120 valence electrons. The van der Waals surface area contributed by atoms with E-state index in [-0.39, 0.29) is 17.5 Å². The van der Waals surface area contributed by atoms with Gasteiger partial charge in [-0.05, 0) is 17.3 Å². The number of hydrogen-bond donors (Lipinski definition) is 1. The van der Waals surface area contributed by atoms with Crippen LogP contribution in [0.1, 0.15) is 11.6 Å². The van der Waals surface area contributed by atoms with Gasteiger partial charge in [0.25, 0.3) is 5.88 Å². The Kier molecular flexibility index (Phi) is 3.57. The first-order valence-corrected chi connectivity index (χ1v) is 8.47.